The van der Waals surface area contributed by atoms with E-state index in [1.807, 2.05) is 13.8 Å². The zero-order valence-electron chi connectivity index (χ0n) is 11.4. The Hall–Kier alpha value is -0.640. The van der Waals surface area contributed by atoms with Crippen molar-refractivity contribution < 1.29 is 4.79 Å². The van der Waals surface area contributed by atoms with Gasteiger partial charge in [0, 0.05) is 12.6 Å². The van der Waals surface area contributed by atoms with Crippen molar-refractivity contribution in [1.29, 1.82) is 0 Å². The van der Waals surface area contributed by atoms with Gasteiger partial charge in [0.2, 0.25) is 5.91 Å². The van der Waals surface area contributed by atoms with Crippen LogP contribution in [-0.2, 0) is 4.79 Å². The number of carbonyl (C=O) groups excluding carboxylic acids is 1. The third-order valence-electron chi connectivity index (χ3n) is 4.65. The number of amides is 1. The summed E-state index contributed by atoms with van der Waals surface area (Å²) in [4.78, 5) is 15.0. The number of hydrogen-bond donors (Lipinski definition) is 1. The first-order valence-electron chi connectivity index (χ1n) is 7.05. The molecule has 2 rings (SSSR count). The van der Waals surface area contributed by atoms with Crippen LogP contribution in [0.25, 0.3) is 0 Å². The van der Waals surface area contributed by atoms with Gasteiger partial charge in [-0.25, -0.2) is 0 Å². The van der Waals surface area contributed by atoms with Gasteiger partial charge in [-0.15, -0.1) is 0 Å². The van der Waals surface area contributed by atoms with E-state index in [1.165, 1.54) is 25.7 Å². The highest BCUT2D eigenvalue weighted by molar-refractivity contribution is 7.80. The van der Waals surface area contributed by atoms with Gasteiger partial charge in [0.15, 0.2) is 0 Å². The van der Waals surface area contributed by atoms with E-state index in [4.69, 9.17) is 18.0 Å². The highest BCUT2D eigenvalue weighted by Crippen LogP contribution is 2.37. The van der Waals surface area contributed by atoms with Gasteiger partial charge >= 0.3 is 0 Å². The quantitative estimate of drug-likeness (QED) is 0.800. The minimum atomic E-state index is -0.698. The number of carbonyl (C=O) groups is 1. The summed E-state index contributed by atoms with van der Waals surface area (Å²) in [5.41, 5.74) is 5.02. The molecule has 1 saturated carbocycles. The Bertz CT molecular complexity index is 348. The largest absolute Gasteiger partial charge is 0.392 e. The molecule has 1 atom stereocenters. The lowest BCUT2D eigenvalue weighted by Crippen LogP contribution is -2.50. The van der Waals surface area contributed by atoms with Crippen molar-refractivity contribution in [3.8, 4) is 0 Å². The van der Waals surface area contributed by atoms with Gasteiger partial charge in [-0.2, -0.15) is 0 Å². The molecule has 0 bridgehead atoms. The molecule has 0 spiro atoms. The highest BCUT2D eigenvalue weighted by Gasteiger charge is 2.42. The van der Waals surface area contributed by atoms with Crippen LogP contribution >= 0.6 is 12.2 Å². The average Bonchev–Trinajstić information content (AvgIpc) is 2.97. The van der Waals surface area contributed by atoms with E-state index < -0.39 is 5.41 Å². The van der Waals surface area contributed by atoms with Crippen LogP contribution in [-0.4, -0.2) is 28.4 Å². The number of rotatable bonds is 3. The monoisotopic (exact) mass is 268 g/mol. The van der Waals surface area contributed by atoms with Gasteiger partial charge in [-0.1, -0.05) is 25.1 Å². The average molecular weight is 268 g/mol. The van der Waals surface area contributed by atoms with E-state index in [1.54, 1.807) is 0 Å². The predicted octanol–water partition coefficient (Wildman–Crippen LogP) is 2.48. The lowest BCUT2D eigenvalue weighted by Gasteiger charge is -2.35. The number of likely N-dealkylation sites (tertiary alicyclic amines) is 1. The smallest absolute Gasteiger partial charge is 0.235 e. The Balaban J connectivity index is 2.11. The minimum absolute atomic E-state index is 0.129. The van der Waals surface area contributed by atoms with Gasteiger partial charge in [-0.05, 0) is 45.4 Å². The van der Waals surface area contributed by atoms with Crippen molar-refractivity contribution >= 4 is 23.1 Å². The summed E-state index contributed by atoms with van der Waals surface area (Å²) in [6, 6.07) is 0.439. The standard InChI is InChI=1S/C14H24N2OS/c1-14(2,12(15)18)13(17)16-9-5-8-11(16)10-6-3-4-7-10/h10-11H,3-9H2,1-2H3,(H2,15,18). The summed E-state index contributed by atoms with van der Waals surface area (Å²) in [6.45, 7) is 4.58. The van der Waals surface area contributed by atoms with E-state index in [-0.39, 0.29) is 5.91 Å². The third-order valence-corrected chi connectivity index (χ3v) is 5.17. The number of hydrogen-bond acceptors (Lipinski definition) is 2. The van der Waals surface area contributed by atoms with Crippen LogP contribution < -0.4 is 5.73 Å². The molecule has 4 heteroatoms. The number of nitrogens with zero attached hydrogens (tertiary/aromatic N) is 1. The highest BCUT2D eigenvalue weighted by atomic mass is 32.1. The molecule has 0 aromatic rings. The molecule has 1 amide bonds. The van der Waals surface area contributed by atoms with Crippen LogP contribution in [0.1, 0.15) is 52.4 Å². The Morgan fingerprint density at radius 2 is 1.83 bits per heavy atom. The van der Waals surface area contributed by atoms with Crippen LogP contribution in [0.15, 0.2) is 0 Å². The molecule has 3 nitrogen and oxygen atoms in total. The lowest BCUT2D eigenvalue weighted by atomic mass is 9.89. The Labute approximate surface area is 115 Å². The first-order valence-corrected chi connectivity index (χ1v) is 7.46. The molecule has 0 aromatic heterocycles. The first-order chi connectivity index (χ1) is 8.44. The summed E-state index contributed by atoms with van der Waals surface area (Å²) in [5, 5.41) is 0. The van der Waals surface area contributed by atoms with Crippen molar-refractivity contribution in [3.05, 3.63) is 0 Å². The summed E-state index contributed by atoms with van der Waals surface area (Å²) in [5.74, 6) is 0.836. The molecule has 2 fully saturated rings. The van der Waals surface area contributed by atoms with Gasteiger partial charge in [0.05, 0.1) is 10.4 Å². The molecular formula is C14H24N2OS. The topological polar surface area (TPSA) is 46.3 Å². The van der Waals surface area contributed by atoms with Crippen molar-refractivity contribution in [1.82, 2.24) is 4.90 Å². The zero-order chi connectivity index (χ0) is 13.3. The van der Waals surface area contributed by atoms with Crippen molar-refractivity contribution in [2.75, 3.05) is 6.54 Å². The fraction of sp³-hybridized carbons (Fsp3) is 0.857. The van der Waals surface area contributed by atoms with E-state index >= 15 is 0 Å². The van der Waals surface area contributed by atoms with Gasteiger partial charge in [0.1, 0.15) is 0 Å². The van der Waals surface area contributed by atoms with Crippen LogP contribution in [0, 0.1) is 11.3 Å². The van der Waals surface area contributed by atoms with Crippen LogP contribution in [0.4, 0.5) is 0 Å². The third kappa shape index (κ3) is 2.40. The summed E-state index contributed by atoms with van der Waals surface area (Å²) in [6.07, 6.45) is 7.48. The maximum absolute atomic E-state index is 12.6. The molecule has 1 aliphatic carbocycles. The van der Waals surface area contributed by atoms with Crippen LogP contribution in [0.3, 0.4) is 0 Å². The van der Waals surface area contributed by atoms with Crippen molar-refractivity contribution in [2.24, 2.45) is 17.1 Å². The second kappa shape index (κ2) is 5.16. The first kappa shape index (κ1) is 13.8. The van der Waals surface area contributed by atoms with Gasteiger partial charge in [-0.3, -0.25) is 4.79 Å². The summed E-state index contributed by atoms with van der Waals surface area (Å²) < 4.78 is 0. The maximum Gasteiger partial charge on any atom is 0.235 e. The van der Waals surface area contributed by atoms with Crippen LogP contribution in [0.5, 0.6) is 0 Å². The Kier molecular flexibility index (Phi) is 3.95. The van der Waals surface area contributed by atoms with Crippen LogP contribution in [0.2, 0.25) is 0 Å². The Morgan fingerprint density at radius 1 is 1.22 bits per heavy atom. The SMILES string of the molecule is CC(C)(C(=O)N1CCCC1C1CCCC1)C(N)=S. The fourth-order valence-electron chi connectivity index (χ4n) is 3.34. The predicted molar refractivity (Wildman–Crippen MR) is 77.3 cm³/mol. The van der Waals surface area contributed by atoms with E-state index in [0.29, 0.717) is 16.9 Å². The van der Waals surface area contributed by atoms with E-state index in [0.717, 1.165) is 19.4 Å². The van der Waals surface area contributed by atoms with Gasteiger partial charge in [0.25, 0.3) is 0 Å². The minimum Gasteiger partial charge on any atom is -0.392 e. The molecular weight excluding hydrogens is 244 g/mol. The second-order valence-corrected chi connectivity index (χ2v) is 6.68. The van der Waals surface area contributed by atoms with Crippen molar-refractivity contribution in [3.63, 3.8) is 0 Å². The molecule has 1 aliphatic heterocycles. The van der Waals surface area contributed by atoms with E-state index in [2.05, 4.69) is 4.90 Å². The van der Waals surface area contributed by atoms with Crippen molar-refractivity contribution in [2.45, 2.75) is 58.4 Å². The molecule has 102 valence electrons. The molecule has 0 aromatic carbocycles. The molecule has 1 heterocycles. The fourth-order valence-corrected chi connectivity index (χ4v) is 3.43. The molecule has 1 unspecified atom stereocenters. The summed E-state index contributed by atoms with van der Waals surface area (Å²) >= 11 is 5.05. The van der Waals surface area contributed by atoms with E-state index in [9.17, 15) is 4.79 Å². The van der Waals surface area contributed by atoms with Gasteiger partial charge < -0.3 is 10.6 Å². The second-order valence-electron chi connectivity index (χ2n) is 6.24. The normalized spacial score (nSPS) is 25.7. The number of thiocarbonyl (C=S) groups is 1. The molecule has 1 saturated heterocycles. The zero-order valence-corrected chi connectivity index (χ0v) is 12.3. The molecule has 2 aliphatic rings. The molecule has 0 radical (unpaired) electrons. The lowest BCUT2D eigenvalue weighted by molar-refractivity contribution is -0.138. The summed E-state index contributed by atoms with van der Waals surface area (Å²) in [7, 11) is 0. The Morgan fingerprint density at radius 3 is 2.39 bits per heavy atom. The molecule has 2 N–H and O–H groups in total. The molecule has 18 heavy (non-hydrogen) atoms. The number of nitrogens with two attached hydrogens (primary N) is 1. The maximum atomic E-state index is 12.6.